The summed E-state index contributed by atoms with van der Waals surface area (Å²) in [5, 5.41) is 14.0. The highest BCUT2D eigenvalue weighted by Gasteiger charge is 2.41. The molecule has 1 fully saturated rings. The first kappa shape index (κ1) is 19.6. The van der Waals surface area contributed by atoms with Gasteiger partial charge in [-0.05, 0) is 48.6 Å². The number of aliphatic hydroxyl groups is 1. The van der Waals surface area contributed by atoms with Gasteiger partial charge in [-0.2, -0.15) is 4.98 Å². The van der Waals surface area contributed by atoms with Crippen LogP contribution in [0.25, 0.3) is 11.0 Å². The first-order valence-electron chi connectivity index (χ1n) is 10.6. The van der Waals surface area contributed by atoms with Crippen LogP contribution in [0.15, 0.2) is 23.1 Å². The molecule has 0 amide bonds. The smallest absolute Gasteiger partial charge is 0.228 e. The van der Waals surface area contributed by atoms with Crippen molar-refractivity contribution in [3.8, 4) is 0 Å². The van der Waals surface area contributed by atoms with Gasteiger partial charge in [0.25, 0.3) is 0 Å². The fourth-order valence-electron chi connectivity index (χ4n) is 4.75. The summed E-state index contributed by atoms with van der Waals surface area (Å²) < 4.78 is 14.9. The van der Waals surface area contributed by atoms with Crippen molar-refractivity contribution in [3.63, 3.8) is 0 Å². The van der Waals surface area contributed by atoms with Gasteiger partial charge in [-0.25, -0.2) is 9.97 Å². The molecule has 0 saturated heterocycles. The second-order valence-corrected chi connectivity index (χ2v) is 10.5. The zero-order valence-corrected chi connectivity index (χ0v) is 18.5. The number of imidazole rings is 1. The van der Waals surface area contributed by atoms with Crippen LogP contribution < -0.4 is 10.2 Å². The Hall–Kier alpha value is -2.07. The Balaban J connectivity index is 1.36. The van der Waals surface area contributed by atoms with Gasteiger partial charge >= 0.3 is 0 Å². The molecule has 2 N–H and O–H groups in total. The minimum absolute atomic E-state index is 0.0457. The van der Waals surface area contributed by atoms with Gasteiger partial charge in [0.15, 0.2) is 5.82 Å². The average molecular weight is 459 g/mol. The predicted molar refractivity (Wildman–Crippen MR) is 120 cm³/mol. The molecule has 1 atom stereocenters. The molecular weight excluding hydrogens is 436 g/mol. The van der Waals surface area contributed by atoms with E-state index in [-0.39, 0.29) is 12.1 Å². The van der Waals surface area contributed by atoms with E-state index >= 15 is 0 Å². The Morgan fingerprint density at radius 3 is 2.87 bits per heavy atom. The van der Waals surface area contributed by atoms with Crippen molar-refractivity contribution in [3.05, 3.63) is 34.7 Å². The number of fused-ring (bicyclic) bond motifs is 4. The molecule has 3 aliphatic rings. The normalized spacial score (nSPS) is 21.6. The first-order chi connectivity index (χ1) is 15.0. The number of nitrogens with zero attached hydrogens (tertiary/aromatic N) is 5. The zero-order valence-electron chi connectivity index (χ0n) is 17.0. The van der Waals surface area contributed by atoms with Crippen molar-refractivity contribution in [1.29, 1.82) is 0 Å². The molecule has 4 heterocycles. The van der Waals surface area contributed by atoms with E-state index < -0.39 is 11.2 Å². The molecule has 0 spiro atoms. The molecule has 0 radical (unpaired) electrons. The summed E-state index contributed by atoms with van der Waals surface area (Å²) in [7, 11) is 0. The van der Waals surface area contributed by atoms with Gasteiger partial charge in [-0.1, -0.05) is 11.6 Å². The Morgan fingerprint density at radius 1 is 1.23 bits per heavy atom. The molecule has 2 aliphatic heterocycles. The minimum Gasteiger partial charge on any atom is -0.611 e. The first-order valence-corrected chi connectivity index (χ1v) is 12.3. The molecule has 1 saturated carbocycles. The number of aliphatic hydroxyl groups excluding tert-OH is 1. The van der Waals surface area contributed by atoms with E-state index in [9.17, 15) is 9.66 Å². The third kappa shape index (κ3) is 3.17. The van der Waals surface area contributed by atoms with Gasteiger partial charge in [0.1, 0.15) is 17.3 Å². The largest absolute Gasteiger partial charge is 0.611 e. The number of hydrogen-bond acceptors (Lipinski definition) is 7. The number of halogens is 1. The number of hydrogen-bond donors (Lipinski definition) is 2. The Labute approximate surface area is 187 Å². The number of benzene rings is 1. The Morgan fingerprint density at radius 2 is 2.10 bits per heavy atom. The van der Waals surface area contributed by atoms with Gasteiger partial charge in [0.2, 0.25) is 10.8 Å². The molecule has 162 valence electrons. The minimum atomic E-state index is -1.10. The molecule has 0 bridgehead atoms. The third-order valence-electron chi connectivity index (χ3n) is 6.67. The third-order valence-corrected chi connectivity index (χ3v) is 8.37. The van der Waals surface area contributed by atoms with Crippen molar-refractivity contribution in [1.82, 2.24) is 19.5 Å². The zero-order chi connectivity index (χ0) is 21.2. The summed E-state index contributed by atoms with van der Waals surface area (Å²) >= 11 is 5.04. The number of anilines is 2. The Bertz CT molecular complexity index is 1170. The summed E-state index contributed by atoms with van der Waals surface area (Å²) in [4.78, 5) is 17.2. The fraction of sp³-hybridized carbons (Fsp3) is 0.476. The van der Waals surface area contributed by atoms with E-state index in [1.54, 1.807) is 0 Å². The van der Waals surface area contributed by atoms with E-state index in [1.807, 2.05) is 18.2 Å². The molecule has 1 aliphatic carbocycles. The van der Waals surface area contributed by atoms with Gasteiger partial charge in [0.05, 0.1) is 29.7 Å². The standard InChI is InChI=1S/C21H23ClN6O2S/c22-13-2-3-16-15(10-13)23-17-11-27(7-8-28(16)17)20-24-14-4-9-31(30)18(14)19(25-20)26-21(12-29)5-1-6-21/h2-3,10,29H,1,4-9,11-12H2,(H,24,25,26)/t31-/m1/s1. The highest BCUT2D eigenvalue weighted by Crippen LogP contribution is 2.39. The van der Waals surface area contributed by atoms with Crippen LogP contribution in [0.2, 0.25) is 5.02 Å². The lowest BCUT2D eigenvalue weighted by Gasteiger charge is -2.41. The summed E-state index contributed by atoms with van der Waals surface area (Å²) in [5.74, 6) is 2.78. The molecule has 3 aromatic rings. The van der Waals surface area contributed by atoms with Crippen LogP contribution in [0, 0.1) is 0 Å². The van der Waals surface area contributed by atoms with Gasteiger partial charge in [-0.3, -0.25) is 0 Å². The van der Waals surface area contributed by atoms with Crippen molar-refractivity contribution in [2.45, 2.75) is 49.2 Å². The molecule has 2 aromatic heterocycles. The van der Waals surface area contributed by atoms with E-state index in [0.717, 1.165) is 54.9 Å². The molecule has 1 aromatic carbocycles. The molecular formula is C21H23ClN6O2S. The summed E-state index contributed by atoms with van der Waals surface area (Å²) in [5.41, 5.74) is 2.47. The van der Waals surface area contributed by atoms with E-state index in [4.69, 9.17) is 26.6 Å². The van der Waals surface area contributed by atoms with Gasteiger partial charge in [-0.15, -0.1) is 0 Å². The number of aryl methyl sites for hydroxylation is 1. The van der Waals surface area contributed by atoms with Crippen LogP contribution >= 0.6 is 11.6 Å². The van der Waals surface area contributed by atoms with Crippen molar-refractivity contribution < 1.29 is 9.66 Å². The Kier molecular flexibility index (Phi) is 4.57. The van der Waals surface area contributed by atoms with Crippen molar-refractivity contribution in [2.24, 2.45) is 0 Å². The van der Waals surface area contributed by atoms with Crippen LogP contribution in [-0.2, 0) is 30.7 Å². The summed E-state index contributed by atoms with van der Waals surface area (Å²) in [6.07, 6.45) is 3.54. The van der Waals surface area contributed by atoms with E-state index in [1.165, 1.54) is 0 Å². The number of rotatable bonds is 4. The van der Waals surface area contributed by atoms with E-state index in [2.05, 4.69) is 14.8 Å². The SMILES string of the molecule is [O-][S@+]1CCc2nc(N3CCn4c(nc5cc(Cl)ccc54)C3)nc(NC3(CO)CCC3)c21. The number of nitrogens with one attached hydrogen (secondary N) is 1. The van der Waals surface area contributed by atoms with Gasteiger partial charge < -0.3 is 24.4 Å². The van der Waals surface area contributed by atoms with Crippen LogP contribution in [-0.4, -0.2) is 53.6 Å². The predicted octanol–water partition coefficient (Wildman–Crippen LogP) is 2.49. The van der Waals surface area contributed by atoms with Crippen molar-refractivity contribution >= 4 is 45.6 Å². The highest BCUT2D eigenvalue weighted by atomic mass is 35.5. The van der Waals surface area contributed by atoms with Gasteiger partial charge in [0, 0.05) is 24.5 Å². The molecule has 0 unspecified atom stereocenters. The number of aromatic nitrogens is 4. The second kappa shape index (κ2) is 7.23. The molecule has 31 heavy (non-hydrogen) atoms. The molecule has 6 rings (SSSR count). The average Bonchev–Trinajstić information content (AvgIpc) is 3.29. The maximum Gasteiger partial charge on any atom is 0.228 e. The quantitative estimate of drug-likeness (QED) is 0.579. The highest BCUT2D eigenvalue weighted by molar-refractivity contribution is 7.91. The van der Waals surface area contributed by atoms with Crippen molar-refractivity contribution in [2.75, 3.05) is 29.1 Å². The molecule has 8 nitrogen and oxygen atoms in total. The maximum absolute atomic E-state index is 12.6. The van der Waals surface area contributed by atoms with Crippen LogP contribution in [0.1, 0.15) is 30.8 Å². The topological polar surface area (TPSA) is 102 Å². The fourth-order valence-corrected chi connectivity index (χ4v) is 6.22. The molecule has 10 heteroatoms. The lowest BCUT2D eigenvalue weighted by molar-refractivity contribution is 0.143. The van der Waals surface area contributed by atoms with Crippen LogP contribution in [0.4, 0.5) is 11.8 Å². The van der Waals surface area contributed by atoms with Crippen LogP contribution in [0.5, 0.6) is 0 Å². The maximum atomic E-state index is 12.6. The monoisotopic (exact) mass is 458 g/mol. The lowest BCUT2D eigenvalue weighted by Crippen LogP contribution is -2.49. The second-order valence-electron chi connectivity index (χ2n) is 8.60. The summed E-state index contributed by atoms with van der Waals surface area (Å²) in [6, 6.07) is 5.80. The lowest BCUT2D eigenvalue weighted by atomic mass is 9.77. The van der Waals surface area contributed by atoms with Crippen LogP contribution in [0.3, 0.4) is 0 Å². The van der Waals surface area contributed by atoms with E-state index in [0.29, 0.717) is 40.4 Å². The summed E-state index contributed by atoms with van der Waals surface area (Å²) in [6.45, 7) is 2.18.